The van der Waals surface area contributed by atoms with Gasteiger partial charge in [0.1, 0.15) is 0 Å². The summed E-state index contributed by atoms with van der Waals surface area (Å²) in [4.78, 5) is 12.0. The second-order valence-electron chi connectivity index (χ2n) is 4.86. The molecule has 0 fully saturated rings. The summed E-state index contributed by atoms with van der Waals surface area (Å²) >= 11 is 0. The minimum absolute atomic E-state index is 0.332. The van der Waals surface area contributed by atoms with Crippen LogP contribution in [0.4, 0.5) is 0 Å². The third-order valence-corrected chi connectivity index (χ3v) is 3.63. The number of hydrogen-bond donors (Lipinski definition) is 0. The highest BCUT2D eigenvalue weighted by Gasteiger charge is 2.19. The number of aryl methyl sites for hydroxylation is 2. The molecule has 0 unspecified atom stereocenters. The van der Waals surface area contributed by atoms with E-state index in [1.54, 1.807) is 6.07 Å². The first-order valence-corrected chi connectivity index (χ1v) is 6.46. The lowest BCUT2D eigenvalue weighted by atomic mass is 9.99. The van der Waals surface area contributed by atoms with Crippen molar-refractivity contribution in [1.82, 2.24) is 0 Å². The number of ether oxygens (including phenoxy) is 1. The Labute approximate surface area is 116 Å². The van der Waals surface area contributed by atoms with Gasteiger partial charge >= 0.3 is 17.3 Å². The summed E-state index contributed by atoms with van der Waals surface area (Å²) in [5.74, 6) is 0.550. The molecule has 0 N–H and O–H groups in total. The lowest BCUT2D eigenvalue weighted by molar-refractivity contribution is 0.0603. The van der Waals surface area contributed by atoms with E-state index in [1.807, 2.05) is 38.1 Å². The van der Waals surface area contributed by atoms with Gasteiger partial charge in [-0.1, -0.05) is 12.1 Å². The van der Waals surface area contributed by atoms with Crippen LogP contribution in [0.1, 0.15) is 21.7 Å². The number of rotatable bonds is 1. The van der Waals surface area contributed by atoms with Crippen LogP contribution >= 0.6 is 0 Å². The molecule has 0 radical (unpaired) electrons. The van der Waals surface area contributed by atoms with Crippen LogP contribution in [0.5, 0.6) is 0 Å². The maximum atomic E-state index is 12.0. The number of benzene rings is 2. The largest absolute Gasteiger partial charge is 0.465 e. The number of carbonyl (C=O) groups is 1. The molecule has 1 heterocycles. The molecule has 3 rings (SSSR count). The van der Waals surface area contributed by atoms with E-state index in [-0.39, 0.29) is 5.97 Å². The molecule has 0 aliphatic rings. The van der Waals surface area contributed by atoms with Crippen LogP contribution in [0.2, 0.25) is 0 Å². The zero-order valence-electron chi connectivity index (χ0n) is 11.7. The van der Waals surface area contributed by atoms with Crippen molar-refractivity contribution in [1.29, 1.82) is 0 Å². The first kappa shape index (κ1) is 12.6. The number of carbonyl (C=O) groups excluding carboxylic acids is 1. The highest BCUT2D eigenvalue weighted by Crippen LogP contribution is 2.30. The quantitative estimate of drug-likeness (QED) is 0.375. The zero-order chi connectivity index (χ0) is 14.3. The van der Waals surface area contributed by atoms with Gasteiger partial charge in [0.15, 0.2) is 0 Å². The smallest absolute Gasteiger partial charge is 0.360 e. The number of methoxy groups -OCH3 is 1. The molecule has 3 nitrogen and oxygen atoms in total. The Balaban J connectivity index is 2.51. The maximum Gasteiger partial charge on any atom is 0.360 e. The van der Waals surface area contributed by atoms with E-state index in [0.29, 0.717) is 5.56 Å². The van der Waals surface area contributed by atoms with Crippen LogP contribution in [-0.4, -0.2) is 13.1 Å². The van der Waals surface area contributed by atoms with Crippen LogP contribution in [0.25, 0.3) is 21.7 Å². The molecule has 1 aromatic heterocycles. The fraction of sp³-hybridized carbons (Fsp3) is 0.176. The molecule has 0 amide bonds. The second kappa shape index (κ2) is 4.60. The molecule has 3 aromatic rings. The van der Waals surface area contributed by atoms with Gasteiger partial charge in [-0.05, 0) is 30.5 Å². The topological polar surface area (TPSA) is 37.6 Å². The number of esters is 1. The maximum absolute atomic E-state index is 12.0. The van der Waals surface area contributed by atoms with Crippen molar-refractivity contribution in [3.63, 3.8) is 0 Å². The van der Waals surface area contributed by atoms with E-state index >= 15 is 0 Å². The monoisotopic (exact) mass is 267 g/mol. The predicted molar refractivity (Wildman–Crippen MR) is 78.9 cm³/mol. The first-order valence-electron chi connectivity index (χ1n) is 6.46. The zero-order valence-corrected chi connectivity index (χ0v) is 11.7. The summed E-state index contributed by atoms with van der Waals surface area (Å²) in [6.45, 7) is 3.93. The van der Waals surface area contributed by atoms with Crippen LogP contribution in [0, 0.1) is 13.8 Å². The Hall–Kier alpha value is -2.42. The average molecular weight is 267 g/mol. The SMILES string of the molecule is COC(=O)c1cccc2ccc3[o+]c(C)c(C)cc3c12. The van der Waals surface area contributed by atoms with Crippen molar-refractivity contribution in [2.75, 3.05) is 7.11 Å². The van der Waals surface area contributed by atoms with Crippen LogP contribution in [-0.2, 0) is 4.74 Å². The highest BCUT2D eigenvalue weighted by atomic mass is 16.5. The van der Waals surface area contributed by atoms with E-state index in [9.17, 15) is 4.79 Å². The predicted octanol–water partition coefficient (Wildman–Crippen LogP) is 4.27. The Kier molecular flexibility index (Phi) is 2.90. The molecule has 0 bridgehead atoms. The summed E-state index contributed by atoms with van der Waals surface area (Å²) < 4.78 is 10.7. The van der Waals surface area contributed by atoms with Crippen molar-refractivity contribution < 1.29 is 13.9 Å². The average Bonchev–Trinajstić information content (AvgIpc) is 2.47. The van der Waals surface area contributed by atoms with Gasteiger partial charge in [-0.15, -0.1) is 0 Å². The molecule has 20 heavy (non-hydrogen) atoms. The molecule has 0 spiro atoms. The van der Waals surface area contributed by atoms with Crippen molar-refractivity contribution in [2.24, 2.45) is 0 Å². The Bertz CT molecular complexity index is 834. The third kappa shape index (κ3) is 1.83. The van der Waals surface area contributed by atoms with Crippen molar-refractivity contribution in [3.05, 3.63) is 53.3 Å². The normalized spacial score (nSPS) is 10.9. The fourth-order valence-electron chi connectivity index (χ4n) is 2.46. The van der Waals surface area contributed by atoms with E-state index in [4.69, 9.17) is 9.15 Å². The Morgan fingerprint density at radius 3 is 2.70 bits per heavy atom. The molecule has 0 saturated heterocycles. The summed E-state index contributed by atoms with van der Waals surface area (Å²) in [6.07, 6.45) is 0. The molecule has 3 heteroatoms. The van der Waals surface area contributed by atoms with Crippen molar-refractivity contribution >= 4 is 27.7 Å². The van der Waals surface area contributed by atoms with Gasteiger partial charge in [0, 0.05) is 17.0 Å². The first-order chi connectivity index (χ1) is 9.61. The van der Waals surface area contributed by atoms with Gasteiger partial charge in [-0.25, -0.2) is 9.21 Å². The number of hydrogen-bond acceptors (Lipinski definition) is 2. The van der Waals surface area contributed by atoms with Crippen LogP contribution < -0.4 is 0 Å². The molecule has 100 valence electrons. The molecule has 0 aliphatic heterocycles. The summed E-state index contributed by atoms with van der Waals surface area (Å²) in [6, 6.07) is 11.6. The third-order valence-electron chi connectivity index (χ3n) is 3.63. The number of fused-ring (bicyclic) bond motifs is 3. The van der Waals surface area contributed by atoms with Gasteiger partial charge in [-0.3, -0.25) is 0 Å². The summed E-state index contributed by atoms with van der Waals surface area (Å²) in [5.41, 5.74) is 2.40. The van der Waals surface area contributed by atoms with Gasteiger partial charge in [0.25, 0.3) is 0 Å². The lowest BCUT2D eigenvalue weighted by Crippen LogP contribution is -2.02. The minimum Gasteiger partial charge on any atom is -0.465 e. The van der Waals surface area contributed by atoms with Gasteiger partial charge in [-0.2, -0.15) is 0 Å². The Morgan fingerprint density at radius 1 is 1.15 bits per heavy atom. The van der Waals surface area contributed by atoms with Crippen molar-refractivity contribution in [3.8, 4) is 0 Å². The van der Waals surface area contributed by atoms with Crippen LogP contribution in [0.3, 0.4) is 0 Å². The molecular formula is C17H15O3+. The van der Waals surface area contributed by atoms with E-state index in [2.05, 4.69) is 6.07 Å². The minimum atomic E-state index is -0.332. The standard InChI is InChI=1S/C17H15O3/c1-10-9-14-15(20-11(10)2)8-7-12-5-4-6-13(16(12)14)17(18)19-3/h4-9H,1-3H3/q+1. The highest BCUT2D eigenvalue weighted by molar-refractivity contribution is 6.15. The summed E-state index contributed by atoms with van der Waals surface area (Å²) in [7, 11) is 1.39. The molecular weight excluding hydrogens is 252 g/mol. The van der Waals surface area contributed by atoms with Crippen molar-refractivity contribution in [2.45, 2.75) is 13.8 Å². The van der Waals surface area contributed by atoms with E-state index in [1.165, 1.54) is 7.11 Å². The second-order valence-corrected chi connectivity index (χ2v) is 4.86. The molecule has 0 aliphatic carbocycles. The molecule has 0 atom stereocenters. The Morgan fingerprint density at radius 2 is 1.95 bits per heavy atom. The van der Waals surface area contributed by atoms with Gasteiger partial charge in [0.2, 0.25) is 0 Å². The van der Waals surface area contributed by atoms with Crippen LogP contribution in [0.15, 0.2) is 40.8 Å². The van der Waals surface area contributed by atoms with Gasteiger partial charge < -0.3 is 4.74 Å². The molecule has 0 saturated carbocycles. The van der Waals surface area contributed by atoms with Gasteiger partial charge in [0.05, 0.1) is 25.0 Å². The fourth-order valence-corrected chi connectivity index (χ4v) is 2.46. The lowest BCUT2D eigenvalue weighted by Gasteiger charge is -2.05. The summed E-state index contributed by atoms with van der Waals surface area (Å²) in [5, 5.41) is 2.81. The van der Waals surface area contributed by atoms with E-state index < -0.39 is 0 Å². The molecule has 2 aromatic carbocycles. The van der Waals surface area contributed by atoms with E-state index in [0.717, 1.165) is 33.1 Å².